The van der Waals surface area contributed by atoms with Crippen molar-refractivity contribution in [3.8, 4) is 0 Å². The second-order valence-corrected chi connectivity index (χ2v) is 7.18. The molecule has 0 saturated carbocycles. The van der Waals surface area contributed by atoms with E-state index in [1.165, 1.54) is 12.1 Å². The molecule has 1 aromatic heterocycles. The third-order valence-electron chi connectivity index (χ3n) is 5.32. The van der Waals surface area contributed by atoms with Crippen molar-refractivity contribution in [2.45, 2.75) is 45.7 Å². The molecule has 1 saturated heterocycles. The fourth-order valence-electron chi connectivity index (χ4n) is 3.90. The summed E-state index contributed by atoms with van der Waals surface area (Å²) in [7, 11) is 2.16. The van der Waals surface area contributed by atoms with E-state index in [4.69, 9.17) is 4.98 Å². The normalized spacial score (nSPS) is 18.2. The van der Waals surface area contributed by atoms with Gasteiger partial charge in [0.25, 0.3) is 5.56 Å². The number of fused-ring (bicyclic) bond motifs is 1. The zero-order valence-corrected chi connectivity index (χ0v) is 16.0. The van der Waals surface area contributed by atoms with Gasteiger partial charge in [-0.2, -0.15) is 0 Å². The number of rotatable bonds is 5. The molecule has 0 aliphatic carbocycles. The molecule has 2 aromatic rings. The second-order valence-electron chi connectivity index (χ2n) is 7.18. The van der Waals surface area contributed by atoms with E-state index < -0.39 is 5.82 Å². The molecule has 0 spiro atoms. The van der Waals surface area contributed by atoms with Crippen LogP contribution in [0.1, 0.15) is 45.0 Å². The minimum Gasteiger partial charge on any atom is -0.305 e. The summed E-state index contributed by atoms with van der Waals surface area (Å²) in [6.45, 7) is 8.77. The van der Waals surface area contributed by atoms with Crippen molar-refractivity contribution in [1.82, 2.24) is 19.4 Å². The molecule has 1 aliphatic heterocycles. The molecule has 0 unspecified atom stereocenters. The Kier molecular flexibility index (Phi) is 6.04. The molecule has 2 heterocycles. The molecule has 0 amide bonds. The number of halogens is 1. The summed E-state index contributed by atoms with van der Waals surface area (Å²) in [5.41, 5.74) is 0.448. The predicted molar refractivity (Wildman–Crippen MR) is 103 cm³/mol. The van der Waals surface area contributed by atoms with Gasteiger partial charge in [-0.3, -0.25) is 14.3 Å². The van der Waals surface area contributed by atoms with Crippen LogP contribution in [0.4, 0.5) is 4.39 Å². The molecule has 1 aliphatic rings. The van der Waals surface area contributed by atoms with E-state index >= 15 is 0 Å². The van der Waals surface area contributed by atoms with Crippen LogP contribution in [0.2, 0.25) is 0 Å². The third-order valence-corrected chi connectivity index (χ3v) is 5.32. The van der Waals surface area contributed by atoms with Gasteiger partial charge in [-0.1, -0.05) is 13.3 Å². The number of benzene rings is 1. The van der Waals surface area contributed by atoms with Crippen LogP contribution in [0, 0.1) is 5.82 Å². The van der Waals surface area contributed by atoms with Crippen LogP contribution in [0.3, 0.4) is 0 Å². The third kappa shape index (κ3) is 3.81. The number of hydrogen-bond acceptors (Lipinski definition) is 4. The van der Waals surface area contributed by atoms with E-state index in [1.54, 1.807) is 10.6 Å². The Morgan fingerprint density at radius 2 is 2.00 bits per heavy atom. The highest BCUT2D eigenvalue weighted by molar-refractivity contribution is 5.77. The highest BCUT2D eigenvalue weighted by atomic mass is 19.1. The van der Waals surface area contributed by atoms with Crippen LogP contribution in [0.5, 0.6) is 0 Å². The smallest absolute Gasteiger partial charge is 0.261 e. The summed E-state index contributed by atoms with van der Waals surface area (Å²) >= 11 is 0. The summed E-state index contributed by atoms with van der Waals surface area (Å²) in [6, 6.07) is 4.42. The van der Waals surface area contributed by atoms with Crippen molar-refractivity contribution >= 4 is 10.9 Å². The quantitative estimate of drug-likeness (QED) is 0.822. The first kappa shape index (κ1) is 19.0. The van der Waals surface area contributed by atoms with Gasteiger partial charge in [0, 0.05) is 26.2 Å². The Hall–Kier alpha value is -1.79. The van der Waals surface area contributed by atoms with Gasteiger partial charge in [-0.05, 0) is 51.6 Å². The van der Waals surface area contributed by atoms with Crippen LogP contribution < -0.4 is 5.56 Å². The molecule has 142 valence electrons. The van der Waals surface area contributed by atoms with E-state index in [1.807, 2.05) is 6.92 Å². The van der Waals surface area contributed by atoms with Crippen molar-refractivity contribution in [2.24, 2.45) is 0 Å². The summed E-state index contributed by atoms with van der Waals surface area (Å²) in [4.78, 5) is 22.6. The molecule has 3 rings (SSSR count). The van der Waals surface area contributed by atoms with Crippen molar-refractivity contribution in [2.75, 3.05) is 33.2 Å². The zero-order chi connectivity index (χ0) is 18.7. The number of likely N-dealkylation sites (N-methyl/N-ethyl adjacent to an activating group) is 1. The SMILES string of the molecule is CCC[C@H](c1nc2ccc(F)cc2c(=O)n1CC)N1CCCN(C)CC1. The lowest BCUT2D eigenvalue weighted by atomic mass is 10.1. The molecule has 1 fully saturated rings. The highest BCUT2D eigenvalue weighted by Crippen LogP contribution is 2.26. The second kappa shape index (κ2) is 8.27. The first-order valence-electron chi connectivity index (χ1n) is 9.67. The number of aromatic nitrogens is 2. The number of hydrogen-bond donors (Lipinski definition) is 0. The topological polar surface area (TPSA) is 41.4 Å². The van der Waals surface area contributed by atoms with Gasteiger partial charge in [0.15, 0.2) is 0 Å². The van der Waals surface area contributed by atoms with Gasteiger partial charge < -0.3 is 4.90 Å². The van der Waals surface area contributed by atoms with Gasteiger partial charge >= 0.3 is 0 Å². The van der Waals surface area contributed by atoms with Gasteiger partial charge in [-0.25, -0.2) is 9.37 Å². The fourth-order valence-corrected chi connectivity index (χ4v) is 3.90. The minimum absolute atomic E-state index is 0.119. The molecule has 0 bridgehead atoms. The fraction of sp³-hybridized carbons (Fsp3) is 0.600. The van der Waals surface area contributed by atoms with Gasteiger partial charge in [0.05, 0.1) is 16.9 Å². The molecule has 0 radical (unpaired) electrons. The lowest BCUT2D eigenvalue weighted by Crippen LogP contribution is -2.37. The van der Waals surface area contributed by atoms with Gasteiger partial charge in [0.2, 0.25) is 0 Å². The van der Waals surface area contributed by atoms with Crippen LogP contribution in [0.25, 0.3) is 10.9 Å². The standard InChI is InChI=1S/C20H29FN4O/c1-4-7-18(24-11-6-10-23(3)12-13-24)19-22-17-9-8-15(21)14-16(17)20(26)25(19)5-2/h8-9,14,18H,4-7,10-13H2,1-3H3/t18-/m1/s1. The van der Waals surface area contributed by atoms with E-state index in [9.17, 15) is 9.18 Å². The lowest BCUT2D eigenvalue weighted by Gasteiger charge is -2.31. The largest absolute Gasteiger partial charge is 0.305 e. The van der Waals surface area contributed by atoms with E-state index in [0.29, 0.717) is 17.4 Å². The average Bonchev–Trinajstić information content (AvgIpc) is 2.85. The Balaban J connectivity index is 2.09. The Morgan fingerprint density at radius 3 is 2.73 bits per heavy atom. The van der Waals surface area contributed by atoms with Crippen LogP contribution in [-0.4, -0.2) is 52.6 Å². The summed E-state index contributed by atoms with van der Waals surface area (Å²) in [5.74, 6) is 0.426. The van der Waals surface area contributed by atoms with Crippen LogP contribution in [0.15, 0.2) is 23.0 Å². The molecule has 5 nitrogen and oxygen atoms in total. The summed E-state index contributed by atoms with van der Waals surface area (Å²) < 4.78 is 15.3. The molecule has 1 aromatic carbocycles. The average molecular weight is 360 g/mol. The lowest BCUT2D eigenvalue weighted by molar-refractivity contribution is 0.180. The molecular formula is C20H29FN4O. The molecular weight excluding hydrogens is 331 g/mol. The Labute approximate surface area is 154 Å². The Morgan fingerprint density at radius 1 is 1.19 bits per heavy atom. The molecule has 0 N–H and O–H groups in total. The zero-order valence-electron chi connectivity index (χ0n) is 16.0. The minimum atomic E-state index is -0.396. The maximum absolute atomic E-state index is 13.6. The maximum Gasteiger partial charge on any atom is 0.261 e. The number of nitrogens with zero attached hydrogens (tertiary/aromatic N) is 4. The monoisotopic (exact) mass is 360 g/mol. The first-order chi connectivity index (χ1) is 12.5. The first-order valence-corrected chi connectivity index (χ1v) is 9.67. The van der Waals surface area contributed by atoms with Crippen molar-refractivity contribution in [3.63, 3.8) is 0 Å². The summed E-state index contributed by atoms with van der Waals surface area (Å²) in [5, 5.41) is 0.362. The van der Waals surface area contributed by atoms with Crippen molar-refractivity contribution in [3.05, 3.63) is 40.2 Å². The van der Waals surface area contributed by atoms with Crippen molar-refractivity contribution < 1.29 is 4.39 Å². The highest BCUT2D eigenvalue weighted by Gasteiger charge is 2.26. The summed E-state index contributed by atoms with van der Waals surface area (Å²) in [6.07, 6.45) is 3.10. The molecule has 1 atom stereocenters. The predicted octanol–water partition coefficient (Wildman–Crippen LogP) is 3.03. The van der Waals surface area contributed by atoms with E-state index in [0.717, 1.165) is 51.3 Å². The molecule has 26 heavy (non-hydrogen) atoms. The Bertz CT molecular complexity index is 819. The van der Waals surface area contributed by atoms with E-state index in [-0.39, 0.29) is 11.6 Å². The van der Waals surface area contributed by atoms with Crippen LogP contribution in [-0.2, 0) is 6.54 Å². The maximum atomic E-state index is 13.6. The van der Waals surface area contributed by atoms with Crippen molar-refractivity contribution in [1.29, 1.82) is 0 Å². The van der Waals surface area contributed by atoms with Crippen LogP contribution >= 0.6 is 0 Å². The van der Waals surface area contributed by atoms with E-state index in [2.05, 4.69) is 23.8 Å². The van der Waals surface area contributed by atoms with Gasteiger partial charge in [-0.15, -0.1) is 0 Å². The molecule has 6 heteroatoms. The van der Waals surface area contributed by atoms with Gasteiger partial charge in [0.1, 0.15) is 11.6 Å².